The summed E-state index contributed by atoms with van der Waals surface area (Å²) in [5.41, 5.74) is 0.974. The highest BCUT2D eigenvalue weighted by Crippen LogP contribution is 2.18. The van der Waals surface area contributed by atoms with Gasteiger partial charge in [0, 0.05) is 10.6 Å². The second-order valence-electron chi connectivity index (χ2n) is 4.26. The van der Waals surface area contributed by atoms with Gasteiger partial charge in [0.1, 0.15) is 11.3 Å². The molecule has 0 saturated carbocycles. The molecule has 3 heteroatoms. The summed E-state index contributed by atoms with van der Waals surface area (Å²) >= 11 is 1.91. The topological polar surface area (TPSA) is 25.2 Å². The molecule has 2 aromatic rings. The molecule has 0 amide bonds. The van der Waals surface area contributed by atoms with Crippen LogP contribution >= 0.6 is 11.8 Å². The van der Waals surface area contributed by atoms with Gasteiger partial charge in [-0.1, -0.05) is 25.1 Å². The number of fused-ring (bicyclic) bond motifs is 1. The highest BCUT2D eigenvalue weighted by Gasteiger charge is 2.03. The minimum atomic E-state index is 0.721. The van der Waals surface area contributed by atoms with Crippen LogP contribution in [0.3, 0.4) is 0 Å². The van der Waals surface area contributed by atoms with Gasteiger partial charge in [-0.3, -0.25) is 0 Å². The number of hydrogen-bond acceptors (Lipinski definition) is 3. The molecule has 0 radical (unpaired) electrons. The van der Waals surface area contributed by atoms with Crippen molar-refractivity contribution in [3.63, 3.8) is 0 Å². The maximum Gasteiger partial charge on any atom is 0.134 e. The summed E-state index contributed by atoms with van der Waals surface area (Å²) in [6, 6.07) is 10.2. The van der Waals surface area contributed by atoms with Gasteiger partial charge in [0.25, 0.3) is 0 Å². The molecule has 0 saturated heterocycles. The molecule has 0 aliphatic rings. The Morgan fingerprint density at radius 1 is 1.35 bits per heavy atom. The Labute approximate surface area is 107 Å². The maximum absolute atomic E-state index is 5.73. The third-order valence-corrected chi connectivity index (χ3v) is 3.95. The first kappa shape index (κ1) is 12.5. The van der Waals surface area contributed by atoms with Crippen LogP contribution < -0.4 is 5.32 Å². The molecule has 1 heterocycles. The third kappa shape index (κ3) is 3.51. The number of benzene rings is 1. The van der Waals surface area contributed by atoms with E-state index in [-0.39, 0.29) is 0 Å². The van der Waals surface area contributed by atoms with E-state index in [1.54, 1.807) is 0 Å². The predicted octanol–water partition coefficient (Wildman–Crippen LogP) is 3.66. The lowest BCUT2D eigenvalue weighted by Gasteiger charge is -2.07. The van der Waals surface area contributed by atoms with Crippen molar-refractivity contribution < 1.29 is 4.42 Å². The number of rotatable bonds is 6. The number of nitrogens with one attached hydrogen (secondary N) is 1. The van der Waals surface area contributed by atoms with Gasteiger partial charge in [0.2, 0.25) is 0 Å². The Balaban J connectivity index is 1.83. The van der Waals surface area contributed by atoms with Crippen LogP contribution in [0.25, 0.3) is 11.0 Å². The largest absolute Gasteiger partial charge is 0.460 e. The second kappa shape index (κ2) is 6.12. The maximum atomic E-state index is 5.73. The van der Waals surface area contributed by atoms with Gasteiger partial charge in [-0.05, 0) is 31.4 Å². The summed E-state index contributed by atoms with van der Waals surface area (Å²) in [6.07, 6.45) is 3.35. The van der Waals surface area contributed by atoms with Crippen LogP contribution in [0.5, 0.6) is 0 Å². The Morgan fingerprint density at radius 3 is 2.94 bits per heavy atom. The van der Waals surface area contributed by atoms with Crippen molar-refractivity contribution >= 4 is 22.7 Å². The molecule has 1 aromatic carbocycles. The molecule has 0 fully saturated rings. The van der Waals surface area contributed by atoms with Gasteiger partial charge in [-0.25, -0.2) is 0 Å². The van der Waals surface area contributed by atoms with Crippen LogP contribution in [0.15, 0.2) is 34.7 Å². The zero-order valence-corrected chi connectivity index (χ0v) is 11.2. The Morgan fingerprint density at radius 2 is 2.18 bits per heavy atom. The normalized spacial score (nSPS) is 13.1. The van der Waals surface area contributed by atoms with Crippen molar-refractivity contribution in [1.29, 1.82) is 0 Å². The molecule has 17 heavy (non-hydrogen) atoms. The van der Waals surface area contributed by atoms with E-state index >= 15 is 0 Å². The van der Waals surface area contributed by atoms with Crippen LogP contribution in [0, 0.1) is 0 Å². The van der Waals surface area contributed by atoms with Gasteiger partial charge in [-0.2, -0.15) is 11.8 Å². The molecule has 1 atom stereocenters. The zero-order valence-electron chi connectivity index (χ0n) is 10.4. The lowest BCUT2D eigenvalue weighted by atomic mass is 10.2. The first-order valence-electron chi connectivity index (χ1n) is 6.00. The number of furan rings is 1. The Bertz CT molecular complexity index is 433. The molecular formula is C14H19NOS. The van der Waals surface area contributed by atoms with E-state index < -0.39 is 0 Å². The van der Waals surface area contributed by atoms with Crippen molar-refractivity contribution in [2.45, 2.75) is 25.1 Å². The van der Waals surface area contributed by atoms with Gasteiger partial charge in [0.05, 0.1) is 6.54 Å². The quantitative estimate of drug-likeness (QED) is 0.791. The molecule has 0 bridgehead atoms. The molecule has 2 nitrogen and oxygen atoms in total. The van der Waals surface area contributed by atoms with Crippen LogP contribution in [0.1, 0.15) is 19.1 Å². The zero-order chi connectivity index (χ0) is 12.1. The SMILES string of the molecule is CSC(C)CCNCc1cc2ccccc2o1. The summed E-state index contributed by atoms with van der Waals surface area (Å²) in [5, 5.41) is 5.32. The predicted molar refractivity (Wildman–Crippen MR) is 75.5 cm³/mol. The standard InChI is InChI=1S/C14H19NOS/c1-11(17-2)7-8-15-10-13-9-12-5-3-4-6-14(12)16-13/h3-6,9,11,15H,7-8,10H2,1-2H3. The summed E-state index contributed by atoms with van der Waals surface area (Å²) in [7, 11) is 0. The van der Waals surface area contributed by atoms with Crippen LogP contribution in [0.2, 0.25) is 0 Å². The van der Waals surface area contributed by atoms with E-state index in [4.69, 9.17) is 4.42 Å². The smallest absolute Gasteiger partial charge is 0.134 e. The summed E-state index contributed by atoms with van der Waals surface area (Å²) < 4.78 is 5.73. The van der Waals surface area contributed by atoms with Gasteiger partial charge in [-0.15, -0.1) is 0 Å². The van der Waals surface area contributed by atoms with Crippen molar-refractivity contribution in [2.24, 2.45) is 0 Å². The van der Waals surface area contributed by atoms with E-state index in [1.807, 2.05) is 30.0 Å². The van der Waals surface area contributed by atoms with E-state index in [0.29, 0.717) is 0 Å². The minimum Gasteiger partial charge on any atom is -0.460 e. The number of para-hydroxylation sites is 1. The summed E-state index contributed by atoms with van der Waals surface area (Å²) in [4.78, 5) is 0. The fourth-order valence-corrected chi connectivity index (χ4v) is 2.11. The molecule has 1 unspecified atom stereocenters. The summed E-state index contributed by atoms with van der Waals surface area (Å²) in [5.74, 6) is 1.02. The van der Waals surface area contributed by atoms with E-state index in [2.05, 4.69) is 30.6 Å². The lowest BCUT2D eigenvalue weighted by Crippen LogP contribution is -2.17. The van der Waals surface area contributed by atoms with Crippen LogP contribution in [0.4, 0.5) is 0 Å². The van der Waals surface area contributed by atoms with Crippen molar-refractivity contribution in [3.8, 4) is 0 Å². The lowest BCUT2D eigenvalue weighted by molar-refractivity contribution is 0.510. The van der Waals surface area contributed by atoms with E-state index in [9.17, 15) is 0 Å². The highest BCUT2D eigenvalue weighted by molar-refractivity contribution is 7.99. The summed E-state index contributed by atoms with van der Waals surface area (Å²) in [6.45, 7) is 4.11. The Kier molecular flexibility index (Phi) is 4.51. The highest BCUT2D eigenvalue weighted by atomic mass is 32.2. The molecule has 2 rings (SSSR count). The molecule has 92 valence electrons. The van der Waals surface area contributed by atoms with E-state index in [0.717, 1.165) is 29.7 Å². The number of hydrogen-bond donors (Lipinski definition) is 1. The van der Waals surface area contributed by atoms with Crippen molar-refractivity contribution in [1.82, 2.24) is 5.32 Å². The first-order valence-corrected chi connectivity index (χ1v) is 7.29. The van der Waals surface area contributed by atoms with Crippen LogP contribution in [-0.4, -0.2) is 18.1 Å². The molecule has 1 aromatic heterocycles. The molecule has 0 spiro atoms. The minimum absolute atomic E-state index is 0.721. The second-order valence-corrected chi connectivity index (χ2v) is 5.54. The molecule has 0 aliphatic heterocycles. The van der Waals surface area contributed by atoms with E-state index in [1.165, 1.54) is 11.8 Å². The Hall–Kier alpha value is -0.930. The average Bonchev–Trinajstić information content (AvgIpc) is 2.76. The third-order valence-electron chi connectivity index (χ3n) is 2.91. The van der Waals surface area contributed by atoms with Gasteiger partial charge >= 0.3 is 0 Å². The first-order chi connectivity index (χ1) is 8.29. The average molecular weight is 249 g/mol. The fraction of sp³-hybridized carbons (Fsp3) is 0.429. The monoisotopic (exact) mass is 249 g/mol. The van der Waals surface area contributed by atoms with Gasteiger partial charge < -0.3 is 9.73 Å². The van der Waals surface area contributed by atoms with Crippen molar-refractivity contribution in [2.75, 3.05) is 12.8 Å². The number of thioether (sulfide) groups is 1. The molecule has 0 aliphatic carbocycles. The molecular weight excluding hydrogens is 230 g/mol. The fourth-order valence-electron chi connectivity index (χ4n) is 1.76. The van der Waals surface area contributed by atoms with Gasteiger partial charge in [0.15, 0.2) is 0 Å². The van der Waals surface area contributed by atoms with Crippen molar-refractivity contribution in [3.05, 3.63) is 36.1 Å². The van der Waals surface area contributed by atoms with Crippen LogP contribution in [-0.2, 0) is 6.54 Å². The molecule has 1 N–H and O–H groups in total.